The molecule has 3 rings (SSSR count). The van der Waals surface area contributed by atoms with Crippen molar-refractivity contribution in [1.29, 1.82) is 0 Å². The third kappa shape index (κ3) is 3.93. The van der Waals surface area contributed by atoms with Gasteiger partial charge in [-0.05, 0) is 49.7 Å². The van der Waals surface area contributed by atoms with E-state index in [4.69, 9.17) is 12.2 Å². The number of hydrogen-bond donors (Lipinski definition) is 1. The lowest BCUT2D eigenvalue weighted by Crippen LogP contribution is -2.41. The van der Waals surface area contributed by atoms with Crippen molar-refractivity contribution in [3.05, 3.63) is 65.5 Å². The number of benzene rings is 2. The van der Waals surface area contributed by atoms with Gasteiger partial charge in [0, 0.05) is 23.8 Å². The van der Waals surface area contributed by atoms with Crippen molar-refractivity contribution in [1.82, 2.24) is 4.90 Å². The fraction of sp³-hybridized carbons (Fsp3) is 0.350. The molecule has 0 aliphatic heterocycles. The van der Waals surface area contributed by atoms with E-state index in [1.807, 2.05) is 30.3 Å². The molecule has 0 unspecified atom stereocenters. The van der Waals surface area contributed by atoms with Crippen molar-refractivity contribution in [2.24, 2.45) is 0 Å². The van der Waals surface area contributed by atoms with Crippen LogP contribution in [0.1, 0.15) is 36.8 Å². The highest BCUT2D eigenvalue weighted by molar-refractivity contribution is 7.80. The summed E-state index contributed by atoms with van der Waals surface area (Å²) in [6, 6.07) is 15.4. The summed E-state index contributed by atoms with van der Waals surface area (Å²) in [7, 11) is 0. The second kappa shape index (κ2) is 7.75. The normalized spacial score (nSPS) is 14.6. The van der Waals surface area contributed by atoms with Crippen molar-refractivity contribution in [2.45, 2.75) is 45.2 Å². The molecule has 24 heavy (non-hydrogen) atoms. The maximum atomic E-state index is 14.1. The first-order valence-electron chi connectivity index (χ1n) is 8.52. The summed E-state index contributed by atoms with van der Waals surface area (Å²) >= 11 is 5.69. The Morgan fingerprint density at radius 1 is 1.12 bits per heavy atom. The second-order valence-corrected chi connectivity index (χ2v) is 6.79. The van der Waals surface area contributed by atoms with Gasteiger partial charge in [-0.25, -0.2) is 4.39 Å². The minimum atomic E-state index is -0.167. The van der Waals surface area contributed by atoms with Crippen molar-refractivity contribution in [2.75, 3.05) is 5.32 Å². The van der Waals surface area contributed by atoms with Crippen LogP contribution in [-0.2, 0) is 6.54 Å². The van der Waals surface area contributed by atoms with Crippen LogP contribution in [0.2, 0.25) is 0 Å². The van der Waals surface area contributed by atoms with Gasteiger partial charge < -0.3 is 10.2 Å². The summed E-state index contributed by atoms with van der Waals surface area (Å²) in [6.07, 6.45) is 4.66. The maximum absolute atomic E-state index is 14.1. The van der Waals surface area contributed by atoms with Crippen LogP contribution in [-0.4, -0.2) is 16.1 Å². The van der Waals surface area contributed by atoms with Crippen LogP contribution in [0.4, 0.5) is 10.1 Å². The number of nitrogens with one attached hydrogen (secondary N) is 1. The Kier molecular flexibility index (Phi) is 5.46. The van der Waals surface area contributed by atoms with E-state index < -0.39 is 0 Å². The maximum Gasteiger partial charge on any atom is 0.173 e. The lowest BCUT2D eigenvalue weighted by atomic mass is 10.1. The summed E-state index contributed by atoms with van der Waals surface area (Å²) in [5.74, 6) is -0.167. The number of rotatable bonds is 4. The zero-order valence-corrected chi connectivity index (χ0v) is 14.8. The van der Waals surface area contributed by atoms with E-state index in [1.54, 1.807) is 6.07 Å². The molecule has 2 aromatic rings. The van der Waals surface area contributed by atoms with Gasteiger partial charge in [-0.1, -0.05) is 49.2 Å². The van der Waals surface area contributed by atoms with Gasteiger partial charge in [-0.2, -0.15) is 0 Å². The predicted molar refractivity (Wildman–Crippen MR) is 102 cm³/mol. The first kappa shape index (κ1) is 16.9. The quantitative estimate of drug-likeness (QED) is 0.762. The van der Waals surface area contributed by atoms with E-state index in [0.29, 0.717) is 23.3 Å². The summed E-state index contributed by atoms with van der Waals surface area (Å²) in [5.41, 5.74) is 2.86. The summed E-state index contributed by atoms with van der Waals surface area (Å²) in [6.45, 7) is 2.57. The Labute approximate surface area is 148 Å². The van der Waals surface area contributed by atoms with Crippen LogP contribution < -0.4 is 5.32 Å². The highest BCUT2D eigenvalue weighted by Gasteiger charge is 2.25. The average Bonchev–Trinajstić information content (AvgIpc) is 3.10. The Balaban J connectivity index is 1.80. The van der Waals surface area contributed by atoms with Crippen molar-refractivity contribution in [3.8, 4) is 0 Å². The van der Waals surface area contributed by atoms with E-state index in [-0.39, 0.29) is 5.82 Å². The SMILES string of the molecule is Cc1ccccc1NC(=S)N(Cc1ccccc1F)C1CCCC1. The van der Waals surface area contributed by atoms with Crippen molar-refractivity contribution < 1.29 is 4.39 Å². The molecular weight excluding hydrogens is 319 g/mol. The molecule has 126 valence electrons. The second-order valence-electron chi connectivity index (χ2n) is 6.40. The van der Waals surface area contributed by atoms with Crippen LogP contribution in [0.15, 0.2) is 48.5 Å². The van der Waals surface area contributed by atoms with Gasteiger partial charge in [0.25, 0.3) is 0 Å². The highest BCUT2D eigenvalue weighted by Crippen LogP contribution is 2.27. The zero-order valence-electron chi connectivity index (χ0n) is 14.0. The van der Waals surface area contributed by atoms with Crippen molar-refractivity contribution in [3.63, 3.8) is 0 Å². The molecule has 1 aliphatic carbocycles. The molecule has 2 aromatic carbocycles. The van der Waals surface area contributed by atoms with Crippen LogP contribution in [0, 0.1) is 12.7 Å². The summed E-state index contributed by atoms with van der Waals surface area (Å²) in [5, 5.41) is 4.04. The molecule has 1 aliphatic rings. The van der Waals surface area contributed by atoms with Gasteiger partial charge in [0.2, 0.25) is 0 Å². The van der Waals surface area contributed by atoms with Gasteiger partial charge in [-0.3, -0.25) is 0 Å². The Hall–Kier alpha value is -1.94. The molecule has 0 atom stereocenters. The zero-order chi connectivity index (χ0) is 16.9. The molecule has 0 aromatic heterocycles. The largest absolute Gasteiger partial charge is 0.342 e. The first-order valence-corrected chi connectivity index (χ1v) is 8.92. The topological polar surface area (TPSA) is 15.3 Å². The van der Waals surface area contributed by atoms with E-state index in [2.05, 4.69) is 23.2 Å². The fourth-order valence-electron chi connectivity index (χ4n) is 3.29. The molecule has 4 heteroatoms. The van der Waals surface area contributed by atoms with E-state index in [9.17, 15) is 4.39 Å². The Morgan fingerprint density at radius 2 is 1.79 bits per heavy atom. The van der Waals surface area contributed by atoms with Crippen LogP contribution in [0.3, 0.4) is 0 Å². The van der Waals surface area contributed by atoms with E-state index >= 15 is 0 Å². The van der Waals surface area contributed by atoms with Gasteiger partial charge in [-0.15, -0.1) is 0 Å². The third-order valence-corrected chi connectivity index (χ3v) is 5.05. The molecule has 0 bridgehead atoms. The highest BCUT2D eigenvalue weighted by atomic mass is 32.1. The number of nitrogens with zero attached hydrogens (tertiary/aromatic N) is 1. The molecule has 1 N–H and O–H groups in total. The molecule has 2 nitrogen and oxygen atoms in total. The molecule has 0 radical (unpaired) electrons. The lowest BCUT2D eigenvalue weighted by Gasteiger charge is -2.32. The van der Waals surface area contributed by atoms with E-state index in [1.165, 1.54) is 18.9 Å². The van der Waals surface area contributed by atoms with E-state index in [0.717, 1.165) is 24.1 Å². The summed E-state index contributed by atoms with van der Waals surface area (Å²) < 4.78 is 14.1. The molecular formula is C20H23FN2S. The van der Waals surface area contributed by atoms with Gasteiger partial charge in [0.15, 0.2) is 5.11 Å². The number of thiocarbonyl (C=S) groups is 1. The van der Waals surface area contributed by atoms with Gasteiger partial charge in [0.05, 0.1) is 0 Å². The summed E-state index contributed by atoms with van der Waals surface area (Å²) in [4.78, 5) is 2.16. The number of hydrogen-bond acceptors (Lipinski definition) is 1. The standard InChI is InChI=1S/C20H23FN2S/c1-15-8-2-7-13-19(15)22-20(24)23(17-10-4-5-11-17)14-16-9-3-6-12-18(16)21/h2-3,6-9,12-13,17H,4-5,10-11,14H2,1H3,(H,22,24). The minimum Gasteiger partial charge on any atom is -0.342 e. The van der Waals surface area contributed by atoms with Gasteiger partial charge >= 0.3 is 0 Å². The van der Waals surface area contributed by atoms with Crippen LogP contribution in [0.5, 0.6) is 0 Å². The monoisotopic (exact) mass is 342 g/mol. The molecule has 0 amide bonds. The minimum absolute atomic E-state index is 0.167. The Bertz CT molecular complexity index is 710. The lowest BCUT2D eigenvalue weighted by molar-refractivity contribution is 0.308. The van der Waals surface area contributed by atoms with Gasteiger partial charge in [0.1, 0.15) is 5.82 Å². The predicted octanol–water partition coefficient (Wildman–Crippen LogP) is 5.28. The fourth-order valence-corrected chi connectivity index (χ4v) is 3.62. The van der Waals surface area contributed by atoms with Crippen LogP contribution in [0.25, 0.3) is 0 Å². The number of aryl methyl sites for hydroxylation is 1. The molecule has 1 saturated carbocycles. The van der Waals surface area contributed by atoms with Crippen molar-refractivity contribution >= 4 is 23.0 Å². The molecule has 1 fully saturated rings. The third-order valence-electron chi connectivity index (χ3n) is 4.71. The number of halogens is 1. The smallest absolute Gasteiger partial charge is 0.173 e. The molecule has 0 spiro atoms. The molecule has 0 heterocycles. The average molecular weight is 342 g/mol. The number of para-hydroxylation sites is 1. The Morgan fingerprint density at radius 3 is 2.50 bits per heavy atom. The molecule has 0 saturated heterocycles. The van der Waals surface area contributed by atoms with Crippen LogP contribution >= 0.6 is 12.2 Å². The first-order chi connectivity index (χ1) is 11.6. The number of anilines is 1.